The predicted octanol–water partition coefficient (Wildman–Crippen LogP) is 5.85. The highest BCUT2D eigenvalue weighted by molar-refractivity contribution is 6.02. The second kappa shape index (κ2) is 6.89. The number of benzene rings is 3. The largest absolute Gasteiger partial charge is 0.454 e. The quantitative estimate of drug-likeness (QED) is 0.432. The summed E-state index contributed by atoms with van der Waals surface area (Å²) >= 11 is 0. The number of fused-ring (bicyclic) bond motifs is 2. The summed E-state index contributed by atoms with van der Waals surface area (Å²) in [5.74, 6) is 1.49. The number of nitrogens with one attached hydrogen (secondary N) is 2. The molecule has 0 radical (unpaired) electrons. The summed E-state index contributed by atoms with van der Waals surface area (Å²) in [6.45, 7) is 4.40. The van der Waals surface area contributed by atoms with Gasteiger partial charge < -0.3 is 19.8 Å². The van der Waals surface area contributed by atoms with Crippen molar-refractivity contribution in [3.05, 3.63) is 77.5 Å². The van der Waals surface area contributed by atoms with Gasteiger partial charge in [-0.1, -0.05) is 18.2 Å². The molecule has 3 aromatic carbocycles. The number of carbonyl (C=O) groups excluding carboxylic acids is 1. The average molecular weight is 425 g/mol. The number of H-pyrrole nitrogens is 1. The second-order valence-corrected chi connectivity index (χ2v) is 8.89. The molecule has 0 bridgehead atoms. The third-order valence-corrected chi connectivity index (χ3v) is 6.67. The van der Waals surface area contributed by atoms with E-state index in [2.05, 4.69) is 60.5 Å². The SMILES string of the molecule is Cc1cc2cc(-c3cc(NC(=O)C4(c5ccc6c(c5)OCO6)CC4)ccc3C)ccc2[nH]1. The molecule has 160 valence electrons. The Kier molecular flexibility index (Phi) is 4.09. The number of hydrogen-bond donors (Lipinski definition) is 2. The van der Waals surface area contributed by atoms with Gasteiger partial charge in [-0.15, -0.1) is 0 Å². The van der Waals surface area contributed by atoms with Crippen LogP contribution in [0.5, 0.6) is 11.5 Å². The van der Waals surface area contributed by atoms with Crippen LogP contribution in [0, 0.1) is 13.8 Å². The fourth-order valence-electron chi connectivity index (χ4n) is 4.67. The van der Waals surface area contributed by atoms with Crippen LogP contribution >= 0.6 is 0 Å². The molecule has 4 aromatic rings. The molecular formula is C27H24N2O3. The van der Waals surface area contributed by atoms with E-state index in [9.17, 15) is 4.79 Å². The maximum Gasteiger partial charge on any atom is 0.235 e. The molecule has 2 N–H and O–H groups in total. The topological polar surface area (TPSA) is 63.4 Å². The molecule has 2 heterocycles. The van der Waals surface area contributed by atoms with E-state index in [0.717, 1.165) is 57.9 Å². The van der Waals surface area contributed by atoms with Crippen LogP contribution in [0.4, 0.5) is 5.69 Å². The third kappa shape index (κ3) is 3.04. The van der Waals surface area contributed by atoms with Gasteiger partial charge in [-0.2, -0.15) is 0 Å². The molecule has 1 aromatic heterocycles. The van der Waals surface area contributed by atoms with E-state index in [1.54, 1.807) is 0 Å². The van der Waals surface area contributed by atoms with Gasteiger partial charge in [-0.3, -0.25) is 4.79 Å². The average Bonchev–Trinajstić information content (AvgIpc) is 3.32. The molecule has 0 unspecified atom stereocenters. The van der Waals surface area contributed by atoms with E-state index in [4.69, 9.17) is 9.47 Å². The van der Waals surface area contributed by atoms with Gasteiger partial charge in [0.15, 0.2) is 11.5 Å². The molecule has 5 heteroatoms. The number of aryl methyl sites for hydroxylation is 2. The van der Waals surface area contributed by atoms with Gasteiger partial charge in [0.25, 0.3) is 0 Å². The minimum atomic E-state index is -0.492. The van der Waals surface area contributed by atoms with Gasteiger partial charge in [0.05, 0.1) is 5.41 Å². The Labute approximate surface area is 186 Å². The van der Waals surface area contributed by atoms with Crippen molar-refractivity contribution in [2.45, 2.75) is 32.1 Å². The molecule has 1 aliphatic heterocycles. The number of amides is 1. The molecular weight excluding hydrogens is 400 g/mol. The Bertz CT molecular complexity index is 1380. The van der Waals surface area contributed by atoms with Crippen LogP contribution < -0.4 is 14.8 Å². The Morgan fingerprint density at radius 3 is 2.62 bits per heavy atom. The molecule has 1 aliphatic carbocycles. The highest BCUT2D eigenvalue weighted by Gasteiger charge is 2.51. The zero-order valence-electron chi connectivity index (χ0n) is 18.1. The lowest BCUT2D eigenvalue weighted by Gasteiger charge is -2.17. The number of aromatic amines is 1. The van der Waals surface area contributed by atoms with Gasteiger partial charge >= 0.3 is 0 Å². The van der Waals surface area contributed by atoms with E-state index in [0.29, 0.717) is 0 Å². The normalized spacial score (nSPS) is 15.7. The van der Waals surface area contributed by atoms with Gasteiger partial charge in [0, 0.05) is 22.3 Å². The number of carbonyl (C=O) groups is 1. The van der Waals surface area contributed by atoms with Crippen molar-refractivity contribution in [1.29, 1.82) is 0 Å². The van der Waals surface area contributed by atoms with Crippen molar-refractivity contribution in [1.82, 2.24) is 4.98 Å². The summed E-state index contributed by atoms with van der Waals surface area (Å²) < 4.78 is 10.9. The van der Waals surface area contributed by atoms with Crippen LogP contribution in [-0.2, 0) is 10.2 Å². The molecule has 0 spiro atoms. The van der Waals surface area contributed by atoms with Gasteiger partial charge in [0.1, 0.15) is 0 Å². The van der Waals surface area contributed by atoms with Crippen LogP contribution in [0.1, 0.15) is 29.7 Å². The van der Waals surface area contributed by atoms with Gasteiger partial charge in [0.2, 0.25) is 12.7 Å². The third-order valence-electron chi connectivity index (χ3n) is 6.67. The second-order valence-electron chi connectivity index (χ2n) is 8.89. The van der Waals surface area contributed by atoms with E-state index in [1.165, 1.54) is 10.9 Å². The highest BCUT2D eigenvalue weighted by atomic mass is 16.7. The molecule has 6 rings (SSSR count). The first kappa shape index (κ1) is 19.0. The smallest absolute Gasteiger partial charge is 0.235 e. The van der Waals surface area contributed by atoms with Crippen LogP contribution in [0.3, 0.4) is 0 Å². The lowest BCUT2D eigenvalue weighted by molar-refractivity contribution is -0.118. The number of aromatic nitrogens is 1. The molecule has 1 amide bonds. The summed E-state index contributed by atoms with van der Waals surface area (Å²) in [4.78, 5) is 16.7. The van der Waals surface area contributed by atoms with Crippen LogP contribution in [0.25, 0.3) is 22.0 Å². The first-order valence-corrected chi connectivity index (χ1v) is 10.9. The number of hydrogen-bond acceptors (Lipinski definition) is 3. The fourth-order valence-corrected chi connectivity index (χ4v) is 4.67. The van der Waals surface area contributed by atoms with Gasteiger partial charge in [-0.25, -0.2) is 0 Å². The van der Waals surface area contributed by atoms with Crippen molar-refractivity contribution in [3.8, 4) is 22.6 Å². The van der Waals surface area contributed by atoms with Crippen molar-refractivity contribution in [2.24, 2.45) is 0 Å². The maximum atomic E-state index is 13.3. The highest BCUT2D eigenvalue weighted by Crippen LogP contribution is 2.51. The molecule has 0 atom stereocenters. The molecule has 1 saturated carbocycles. The lowest BCUT2D eigenvalue weighted by atomic mass is 9.94. The minimum absolute atomic E-state index is 0.0304. The Morgan fingerprint density at radius 1 is 0.938 bits per heavy atom. The van der Waals surface area contributed by atoms with Crippen molar-refractivity contribution < 1.29 is 14.3 Å². The minimum Gasteiger partial charge on any atom is -0.454 e. The van der Waals surface area contributed by atoms with Crippen LogP contribution in [0.2, 0.25) is 0 Å². The molecule has 0 saturated heterocycles. The standard InChI is InChI=1S/C27H24N2O3/c1-16-3-6-21(14-22(16)18-4-7-23-19(12-18)11-17(2)28-23)29-26(30)27(9-10-27)20-5-8-24-25(13-20)32-15-31-24/h3-8,11-14,28H,9-10,15H2,1-2H3,(H,29,30). The van der Waals surface area contributed by atoms with E-state index < -0.39 is 5.41 Å². The van der Waals surface area contributed by atoms with Crippen molar-refractivity contribution >= 4 is 22.5 Å². The van der Waals surface area contributed by atoms with Crippen LogP contribution in [-0.4, -0.2) is 17.7 Å². The summed E-state index contributed by atoms with van der Waals surface area (Å²) in [6.07, 6.45) is 1.67. The first-order chi connectivity index (χ1) is 15.5. The number of rotatable bonds is 4. The fraction of sp³-hybridized carbons (Fsp3) is 0.222. The zero-order chi connectivity index (χ0) is 21.9. The summed E-state index contributed by atoms with van der Waals surface area (Å²) in [7, 11) is 0. The molecule has 32 heavy (non-hydrogen) atoms. The monoisotopic (exact) mass is 424 g/mol. The van der Waals surface area contributed by atoms with Gasteiger partial charge in [-0.05, 0) is 91.4 Å². The molecule has 1 fully saturated rings. The van der Waals surface area contributed by atoms with Crippen molar-refractivity contribution in [2.75, 3.05) is 12.1 Å². The summed E-state index contributed by atoms with van der Waals surface area (Å²) in [5.41, 5.74) is 7.02. The number of ether oxygens (including phenoxy) is 2. The zero-order valence-corrected chi connectivity index (χ0v) is 18.1. The van der Waals surface area contributed by atoms with E-state index in [1.807, 2.05) is 24.3 Å². The lowest BCUT2D eigenvalue weighted by Crippen LogP contribution is -2.27. The Hall–Kier alpha value is -3.73. The predicted molar refractivity (Wildman–Crippen MR) is 125 cm³/mol. The maximum absolute atomic E-state index is 13.3. The molecule has 5 nitrogen and oxygen atoms in total. The Morgan fingerprint density at radius 2 is 1.78 bits per heavy atom. The molecule has 2 aliphatic rings. The van der Waals surface area contributed by atoms with Crippen molar-refractivity contribution in [3.63, 3.8) is 0 Å². The summed E-state index contributed by atoms with van der Waals surface area (Å²) in [6, 6.07) is 20.5. The Balaban J connectivity index is 1.29. The van der Waals surface area contributed by atoms with E-state index >= 15 is 0 Å². The first-order valence-electron chi connectivity index (χ1n) is 10.9. The van der Waals surface area contributed by atoms with Crippen LogP contribution in [0.15, 0.2) is 60.7 Å². The number of anilines is 1. The van der Waals surface area contributed by atoms with E-state index in [-0.39, 0.29) is 12.7 Å². The summed E-state index contributed by atoms with van der Waals surface area (Å²) in [5, 5.41) is 4.36.